The van der Waals surface area contributed by atoms with E-state index >= 15 is 0 Å². The van der Waals surface area contributed by atoms with Crippen molar-refractivity contribution >= 4 is 17.5 Å². The molecule has 0 aromatic heterocycles. The van der Waals surface area contributed by atoms with E-state index in [2.05, 4.69) is 5.32 Å². The summed E-state index contributed by atoms with van der Waals surface area (Å²) < 4.78 is 4.86. The molecule has 0 fully saturated rings. The van der Waals surface area contributed by atoms with Gasteiger partial charge in [-0.25, -0.2) is 0 Å². The first-order valence-corrected chi connectivity index (χ1v) is 5.33. The number of halogens is 1. The molecule has 1 amide bonds. The SMILES string of the molecule is COCC(Cl)CNC(=O)C(C)C(C)C. The van der Waals surface area contributed by atoms with E-state index in [1.54, 1.807) is 7.11 Å². The van der Waals surface area contributed by atoms with Gasteiger partial charge in [0.25, 0.3) is 0 Å². The third kappa shape index (κ3) is 5.45. The maximum absolute atomic E-state index is 11.5. The second-order valence-corrected chi connectivity index (χ2v) is 4.45. The van der Waals surface area contributed by atoms with E-state index in [-0.39, 0.29) is 17.2 Å². The minimum atomic E-state index is -0.150. The molecule has 0 rings (SSSR count). The molecule has 2 atom stereocenters. The van der Waals surface area contributed by atoms with E-state index < -0.39 is 0 Å². The van der Waals surface area contributed by atoms with E-state index in [1.807, 2.05) is 20.8 Å². The van der Waals surface area contributed by atoms with Crippen LogP contribution in [0, 0.1) is 11.8 Å². The maximum atomic E-state index is 11.5. The second-order valence-electron chi connectivity index (χ2n) is 3.83. The summed E-state index contributed by atoms with van der Waals surface area (Å²) in [6.07, 6.45) is 0. The average molecular weight is 222 g/mol. The van der Waals surface area contributed by atoms with Crippen LogP contribution in [0.5, 0.6) is 0 Å². The summed E-state index contributed by atoms with van der Waals surface area (Å²) >= 11 is 5.87. The van der Waals surface area contributed by atoms with Gasteiger partial charge < -0.3 is 10.1 Å². The Morgan fingerprint density at radius 1 is 1.43 bits per heavy atom. The molecule has 0 aliphatic heterocycles. The molecular weight excluding hydrogens is 202 g/mol. The smallest absolute Gasteiger partial charge is 0.223 e. The Labute approximate surface area is 91.2 Å². The Morgan fingerprint density at radius 2 is 2.00 bits per heavy atom. The summed E-state index contributed by atoms with van der Waals surface area (Å²) in [7, 11) is 1.59. The quantitative estimate of drug-likeness (QED) is 0.693. The molecule has 0 aromatic rings. The van der Waals surface area contributed by atoms with Crippen molar-refractivity contribution in [2.24, 2.45) is 11.8 Å². The van der Waals surface area contributed by atoms with Gasteiger partial charge in [-0.3, -0.25) is 4.79 Å². The standard InChI is InChI=1S/C10H20ClNO2/c1-7(2)8(3)10(13)12-5-9(11)6-14-4/h7-9H,5-6H2,1-4H3,(H,12,13). The van der Waals surface area contributed by atoms with Gasteiger partial charge in [-0.15, -0.1) is 11.6 Å². The summed E-state index contributed by atoms with van der Waals surface area (Å²) in [5.41, 5.74) is 0. The van der Waals surface area contributed by atoms with Gasteiger partial charge in [-0.2, -0.15) is 0 Å². The first-order valence-electron chi connectivity index (χ1n) is 4.89. The predicted molar refractivity (Wildman–Crippen MR) is 58.5 cm³/mol. The molecule has 3 nitrogen and oxygen atoms in total. The minimum absolute atomic E-state index is 0.0291. The summed E-state index contributed by atoms with van der Waals surface area (Å²) in [6.45, 7) is 6.89. The van der Waals surface area contributed by atoms with Crippen LogP contribution in [0.3, 0.4) is 0 Å². The van der Waals surface area contributed by atoms with Gasteiger partial charge in [0.2, 0.25) is 5.91 Å². The van der Waals surface area contributed by atoms with Crippen LogP contribution < -0.4 is 5.32 Å². The molecule has 0 saturated carbocycles. The minimum Gasteiger partial charge on any atom is -0.383 e. The lowest BCUT2D eigenvalue weighted by Crippen LogP contribution is -2.36. The fourth-order valence-corrected chi connectivity index (χ4v) is 1.12. The normalized spacial score (nSPS) is 15.3. The van der Waals surface area contributed by atoms with E-state index in [4.69, 9.17) is 16.3 Å². The summed E-state index contributed by atoms with van der Waals surface area (Å²) in [5.74, 6) is 0.439. The highest BCUT2D eigenvalue weighted by Crippen LogP contribution is 2.09. The number of methoxy groups -OCH3 is 1. The van der Waals surface area contributed by atoms with Crippen LogP contribution in [0.4, 0.5) is 0 Å². The Balaban J connectivity index is 3.73. The number of ether oxygens (including phenoxy) is 1. The zero-order chi connectivity index (χ0) is 11.1. The lowest BCUT2D eigenvalue weighted by molar-refractivity contribution is -0.125. The van der Waals surface area contributed by atoms with Crippen molar-refractivity contribution in [2.75, 3.05) is 20.3 Å². The van der Waals surface area contributed by atoms with Crippen LogP contribution in [-0.2, 0) is 9.53 Å². The summed E-state index contributed by atoms with van der Waals surface area (Å²) in [6, 6.07) is 0. The molecule has 0 aliphatic rings. The van der Waals surface area contributed by atoms with Gasteiger partial charge in [0.15, 0.2) is 0 Å². The molecule has 0 saturated heterocycles. The van der Waals surface area contributed by atoms with E-state index in [0.717, 1.165) is 0 Å². The molecule has 84 valence electrons. The number of carbonyl (C=O) groups excluding carboxylic acids is 1. The third-order valence-corrected chi connectivity index (χ3v) is 2.54. The van der Waals surface area contributed by atoms with Crippen molar-refractivity contribution in [3.63, 3.8) is 0 Å². The van der Waals surface area contributed by atoms with Crippen LogP contribution in [0.2, 0.25) is 0 Å². The van der Waals surface area contributed by atoms with Crippen molar-refractivity contribution in [2.45, 2.75) is 26.1 Å². The molecule has 0 radical (unpaired) electrons. The zero-order valence-corrected chi connectivity index (χ0v) is 10.1. The Hall–Kier alpha value is -0.280. The van der Waals surface area contributed by atoms with Crippen molar-refractivity contribution in [3.05, 3.63) is 0 Å². The van der Waals surface area contributed by atoms with Crippen LogP contribution in [0.15, 0.2) is 0 Å². The molecule has 0 aliphatic carbocycles. The topological polar surface area (TPSA) is 38.3 Å². The van der Waals surface area contributed by atoms with Crippen LogP contribution in [0.25, 0.3) is 0 Å². The van der Waals surface area contributed by atoms with Crippen LogP contribution in [0.1, 0.15) is 20.8 Å². The maximum Gasteiger partial charge on any atom is 0.223 e. The number of amides is 1. The number of carbonyl (C=O) groups is 1. The molecule has 0 bridgehead atoms. The van der Waals surface area contributed by atoms with Gasteiger partial charge in [0.05, 0.1) is 12.0 Å². The summed E-state index contributed by atoms with van der Waals surface area (Å²) in [4.78, 5) is 11.5. The second kappa shape index (κ2) is 7.07. The monoisotopic (exact) mass is 221 g/mol. The van der Waals surface area contributed by atoms with E-state index in [0.29, 0.717) is 19.1 Å². The number of nitrogens with one attached hydrogen (secondary N) is 1. The Kier molecular flexibility index (Phi) is 6.93. The van der Waals surface area contributed by atoms with Gasteiger partial charge in [-0.05, 0) is 5.92 Å². The highest BCUT2D eigenvalue weighted by molar-refractivity contribution is 6.21. The molecular formula is C10H20ClNO2. The number of hydrogen-bond donors (Lipinski definition) is 1. The van der Waals surface area contributed by atoms with Gasteiger partial charge in [-0.1, -0.05) is 20.8 Å². The van der Waals surface area contributed by atoms with Crippen molar-refractivity contribution in [1.29, 1.82) is 0 Å². The molecule has 2 unspecified atom stereocenters. The van der Waals surface area contributed by atoms with Crippen molar-refractivity contribution in [3.8, 4) is 0 Å². The van der Waals surface area contributed by atoms with Gasteiger partial charge in [0, 0.05) is 19.6 Å². The van der Waals surface area contributed by atoms with E-state index in [1.165, 1.54) is 0 Å². The third-order valence-electron chi connectivity index (χ3n) is 2.26. The Bertz CT molecular complexity index is 174. The predicted octanol–water partition coefficient (Wildman–Crippen LogP) is 1.65. The molecule has 0 spiro atoms. The van der Waals surface area contributed by atoms with Crippen molar-refractivity contribution < 1.29 is 9.53 Å². The highest BCUT2D eigenvalue weighted by Gasteiger charge is 2.16. The molecule has 4 heteroatoms. The number of rotatable bonds is 6. The van der Waals surface area contributed by atoms with Crippen LogP contribution in [-0.4, -0.2) is 31.5 Å². The lowest BCUT2D eigenvalue weighted by Gasteiger charge is -2.16. The molecule has 14 heavy (non-hydrogen) atoms. The number of alkyl halides is 1. The van der Waals surface area contributed by atoms with Gasteiger partial charge in [0.1, 0.15) is 0 Å². The zero-order valence-electron chi connectivity index (χ0n) is 9.34. The number of hydrogen-bond acceptors (Lipinski definition) is 2. The fraction of sp³-hybridized carbons (Fsp3) is 0.900. The lowest BCUT2D eigenvalue weighted by atomic mass is 9.97. The van der Waals surface area contributed by atoms with Crippen molar-refractivity contribution in [1.82, 2.24) is 5.32 Å². The Morgan fingerprint density at radius 3 is 2.43 bits per heavy atom. The average Bonchev–Trinajstić information content (AvgIpc) is 2.13. The van der Waals surface area contributed by atoms with Crippen LogP contribution >= 0.6 is 11.6 Å². The first-order chi connectivity index (χ1) is 6.49. The van der Waals surface area contributed by atoms with Gasteiger partial charge >= 0.3 is 0 Å². The molecule has 0 heterocycles. The summed E-state index contributed by atoms with van der Waals surface area (Å²) in [5, 5.41) is 2.65. The molecule has 1 N–H and O–H groups in total. The first kappa shape index (κ1) is 13.7. The highest BCUT2D eigenvalue weighted by atomic mass is 35.5. The fourth-order valence-electron chi connectivity index (χ4n) is 0.915. The molecule has 0 aromatic carbocycles. The van der Waals surface area contributed by atoms with E-state index in [9.17, 15) is 4.79 Å². The largest absolute Gasteiger partial charge is 0.383 e.